The molecule has 0 rings (SSSR count). The maximum Gasteiger partial charge on any atom is 0.326 e. The van der Waals surface area contributed by atoms with Crippen molar-refractivity contribution in [1.29, 1.82) is 0 Å². The van der Waals surface area contributed by atoms with Gasteiger partial charge in [0.1, 0.15) is 6.04 Å². The van der Waals surface area contributed by atoms with E-state index in [1.165, 1.54) is 0 Å². The third kappa shape index (κ3) is 4.86. The van der Waals surface area contributed by atoms with E-state index in [9.17, 15) is 9.59 Å². The Morgan fingerprint density at radius 3 is 2.62 bits per heavy atom. The molecule has 0 spiro atoms. The lowest BCUT2D eigenvalue weighted by Gasteiger charge is -2.10. The summed E-state index contributed by atoms with van der Waals surface area (Å²) in [7, 11) is 0. The Morgan fingerprint density at radius 1 is 1.62 bits per heavy atom. The van der Waals surface area contributed by atoms with Crippen molar-refractivity contribution in [1.82, 2.24) is 5.32 Å². The summed E-state index contributed by atoms with van der Waals surface area (Å²) in [5.41, 5.74) is 0. The minimum atomic E-state index is -1.02. The molecule has 0 bridgehead atoms. The summed E-state index contributed by atoms with van der Waals surface area (Å²) in [6.07, 6.45) is 5.84. The van der Waals surface area contributed by atoms with Gasteiger partial charge in [0.2, 0.25) is 5.91 Å². The molecule has 2 N–H and O–H groups in total. The number of carbonyl (C=O) groups excluding carboxylic acids is 1. The standard InChI is InChI=1S/C9H13NO3/c1-3-5-6-8(11)10-7(4-2)9(12)13/h1,7H,4-6H2,2H3,(H,10,11)(H,12,13). The highest BCUT2D eigenvalue weighted by atomic mass is 16.4. The lowest BCUT2D eigenvalue weighted by Crippen LogP contribution is -2.40. The Labute approximate surface area is 77.3 Å². The van der Waals surface area contributed by atoms with Crippen molar-refractivity contribution in [2.24, 2.45) is 0 Å². The molecule has 0 aliphatic rings. The van der Waals surface area contributed by atoms with Gasteiger partial charge in [0.05, 0.1) is 0 Å². The first kappa shape index (κ1) is 11.5. The summed E-state index contributed by atoms with van der Waals surface area (Å²) in [5, 5.41) is 11.0. The molecule has 4 heteroatoms. The SMILES string of the molecule is C#CCCC(=O)NC(CC)C(=O)O. The number of carboxylic acid groups (broad SMARTS) is 1. The third-order valence-corrected chi connectivity index (χ3v) is 1.54. The quantitative estimate of drug-likeness (QED) is 0.605. The molecule has 0 saturated carbocycles. The van der Waals surface area contributed by atoms with Gasteiger partial charge in [0.15, 0.2) is 0 Å². The molecule has 0 radical (unpaired) electrons. The van der Waals surface area contributed by atoms with Crippen molar-refractivity contribution < 1.29 is 14.7 Å². The number of rotatable bonds is 5. The lowest BCUT2D eigenvalue weighted by molar-refractivity contribution is -0.141. The van der Waals surface area contributed by atoms with Gasteiger partial charge >= 0.3 is 5.97 Å². The molecular formula is C9H13NO3. The highest BCUT2D eigenvalue weighted by Crippen LogP contribution is 1.93. The fraction of sp³-hybridized carbons (Fsp3) is 0.556. The molecule has 0 aromatic heterocycles. The predicted molar refractivity (Wildman–Crippen MR) is 47.9 cm³/mol. The van der Waals surface area contributed by atoms with Crippen LogP contribution in [0.5, 0.6) is 0 Å². The monoisotopic (exact) mass is 183 g/mol. The zero-order valence-electron chi connectivity index (χ0n) is 7.54. The topological polar surface area (TPSA) is 66.4 Å². The van der Waals surface area contributed by atoms with E-state index in [0.29, 0.717) is 12.8 Å². The van der Waals surface area contributed by atoms with Crippen LogP contribution in [0.1, 0.15) is 26.2 Å². The Kier molecular flexibility index (Phi) is 5.37. The molecule has 0 aliphatic carbocycles. The summed E-state index contributed by atoms with van der Waals surface area (Å²) in [4.78, 5) is 21.5. The van der Waals surface area contributed by atoms with Crippen molar-refractivity contribution >= 4 is 11.9 Å². The number of carbonyl (C=O) groups is 2. The van der Waals surface area contributed by atoms with Gasteiger partial charge in [-0.25, -0.2) is 4.79 Å². The van der Waals surface area contributed by atoms with Crippen LogP contribution in [0, 0.1) is 12.3 Å². The summed E-state index contributed by atoms with van der Waals surface area (Å²) in [6, 6.07) is -0.801. The molecule has 4 nitrogen and oxygen atoms in total. The van der Waals surface area contributed by atoms with Crippen molar-refractivity contribution in [2.45, 2.75) is 32.2 Å². The molecule has 1 atom stereocenters. The van der Waals surface area contributed by atoms with E-state index in [-0.39, 0.29) is 12.3 Å². The number of hydrogen-bond acceptors (Lipinski definition) is 2. The van der Waals surface area contributed by atoms with Crippen LogP contribution < -0.4 is 5.32 Å². The first-order valence-corrected chi connectivity index (χ1v) is 4.07. The van der Waals surface area contributed by atoms with Crippen molar-refractivity contribution in [3.63, 3.8) is 0 Å². The summed E-state index contributed by atoms with van der Waals surface area (Å²) in [5.74, 6) is 0.981. The van der Waals surface area contributed by atoms with Gasteiger partial charge in [0.25, 0.3) is 0 Å². The highest BCUT2D eigenvalue weighted by molar-refractivity contribution is 5.83. The summed E-state index contributed by atoms with van der Waals surface area (Å²) in [6.45, 7) is 1.69. The summed E-state index contributed by atoms with van der Waals surface area (Å²) < 4.78 is 0. The van der Waals surface area contributed by atoms with Crippen LogP contribution >= 0.6 is 0 Å². The molecule has 0 saturated heterocycles. The van der Waals surface area contributed by atoms with Crippen LogP contribution in [0.15, 0.2) is 0 Å². The maximum absolute atomic E-state index is 11.0. The Balaban J connectivity index is 3.88. The van der Waals surface area contributed by atoms with Crippen LogP contribution in [0.3, 0.4) is 0 Å². The highest BCUT2D eigenvalue weighted by Gasteiger charge is 2.16. The largest absolute Gasteiger partial charge is 0.480 e. The Bertz CT molecular complexity index is 230. The fourth-order valence-electron chi connectivity index (χ4n) is 0.791. The molecule has 72 valence electrons. The smallest absolute Gasteiger partial charge is 0.326 e. The fourth-order valence-corrected chi connectivity index (χ4v) is 0.791. The van der Waals surface area contributed by atoms with Crippen LogP contribution in [-0.2, 0) is 9.59 Å². The van der Waals surface area contributed by atoms with Crippen LogP contribution in [-0.4, -0.2) is 23.0 Å². The third-order valence-electron chi connectivity index (χ3n) is 1.54. The number of amides is 1. The van der Waals surface area contributed by atoms with Crippen molar-refractivity contribution in [2.75, 3.05) is 0 Å². The van der Waals surface area contributed by atoms with Gasteiger partial charge in [-0.1, -0.05) is 6.92 Å². The predicted octanol–water partition coefficient (Wildman–Crippen LogP) is 0.379. The zero-order valence-corrected chi connectivity index (χ0v) is 7.54. The van der Waals surface area contributed by atoms with Crippen molar-refractivity contribution in [3.8, 4) is 12.3 Å². The number of carboxylic acids is 1. The van der Waals surface area contributed by atoms with Gasteiger partial charge in [-0.15, -0.1) is 12.3 Å². The van der Waals surface area contributed by atoms with E-state index in [4.69, 9.17) is 11.5 Å². The number of nitrogens with one attached hydrogen (secondary N) is 1. The van der Waals surface area contributed by atoms with Gasteiger partial charge in [-0.2, -0.15) is 0 Å². The number of terminal acetylenes is 1. The van der Waals surface area contributed by atoms with Gasteiger partial charge in [-0.3, -0.25) is 4.79 Å². The molecule has 13 heavy (non-hydrogen) atoms. The average molecular weight is 183 g/mol. The van der Waals surface area contributed by atoms with E-state index < -0.39 is 12.0 Å². The second-order valence-electron chi connectivity index (χ2n) is 2.57. The number of hydrogen-bond donors (Lipinski definition) is 2. The first-order chi connectivity index (χ1) is 6.11. The maximum atomic E-state index is 11.0. The van der Waals surface area contributed by atoms with E-state index in [1.807, 2.05) is 0 Å². The molecule has 0 fully saturated rings. The van der Waals surface area contributed by atoms with Crippen LogP contribution in [0.4, 0.5) is 0 Å². The Morgan fingerprint density at radius 2 is 2.23 bits per heavy atom. The van der Waals surface area contributed by atoms with Crippen LogP contribution in [0.25, 0.3) is 0 Å². The minimum absolute atomic E-state index is 0.181. The molecule has 1 amide bonds. The molecule has 0 aromatic rings. The normalized spacial score (nSPS) is 11.4. The Hall–Kier alpha value is -1.50. The lowest BCUT2D eigenvalue weighted by atomic mass is 10.2. The average Bonchev–Trinajstić information content (AvgIpc) is 2.10. The van der Waals surface area contributed by atoms with E-state index >= 15 is 0 Å². The molecule has 0 aromatic carbocycles. The second-order valence-corrected chi connectivity index (χ2v) is 2.57. The van der Waals surface area contributed by atoms with Gasteiger partial charge in [0, 0.05) is 12.8 Å². The molecule has 0 aliphatic heterocycles. The molecular weight excluding hydrogens is 170 g/mol. The number of aliphatic carboxylic acids is 1. The second kappa shape index (κ2) is 6.06. The zero-order chi connectivity index (χ0) is 10.3. The molecule has 0 heterocycles. The first-order valence-electron chi connectivity index (χ1n) is 4.07. The van der Waals surface area contributed by atoms with E-state index in [0.717, 1.165) is 0 Å². The van der Waals surface area contributed by atoms with E-state index in [1.54, 1.807) is 6.92 Å². The molecule has 1 unspecified atom stereocenters. The van der Waals surface area contributed by atoms with Gasteiger partial charge < -0.3 is 10.4 Å². The van der Waals surface area contributed by atoms with Crippen molar-refractivity contribution in [3.05, 3.63) is 0 Å². The minimum Gasteiger partial charge on any atom is -0.480 e. The van der Waals surface area contributed by atoms with Gasteiger partial charge in [-0.05, 0) is 6.42 Å². The van der Waals surface area contributed by atoms with E-state index in [2.05, 4.69) is 11.2 Å². The van der Waals surface area contributed by atoms with Crippen LogP contribution in [0.2, 0.25) is 0 Å². The summed E-state index contributed by atoms with van der Waals surface area (Å²) >= 11 is 0.